The molecule has 0 bridgehead atoms. The van der Waals surface area contributed by atoms with Crippen molar-refractivity contribution in [3.05, 3.63) is 35.9 Å². The summed E-state index contributed by atoms with van der Waals surface area (Å²) in [5.41, 5.74) is 0.970. The van der Waals surface area contributed by atoms with Gasteiger partial charge in [-0.2, -0.15) is 0 Å². The van der Waals surface area contributed by atoms with Crippen LogP contribution in [-0.2, 0) is 11.3 Å². The number of hydrogen-bond donors (Lipinski definition) is 1. The van der Waals surface area contributed by atoms with Crippen molar-refractivity contribution in [1.29, 1.82) is 0 Å². The van der Waals surface area contributed by atoms with Gasteiger partial charge in [-0.15, -0.1) is 0 Å². The van der Waals surface area contributed by atoms with Crippen molar-refractivity contribution in [1.82, 2.24) is 5.32 Å². The van der Waals surface area contributed by atoms with E-state index in [1.54, 1.807) is 0 Å². The Morgan fingerprint density at radius 1 is 1.45 bits per heavy atom. The number of benzene rings is 1. The average molecular weight is 339 g/mol. The number of amides is 1. The molecule has 1 aromatic carbocycles. The molecule has 0 aromatic heterocycles. The average Bonchev–Trinajstić information content (AvgIpc) is 2.49. The molecule has 108 valence electrons. The summed E-state index contributed by atoms with van der Waals surface area (Å²) >= 11 is 2.59. The monoisotopic (exact) mass is 340 g/mol. The van der Waals surface area contributed by atoms with Gasteiger partial charge in [0.1, 0.15) is 0 Å². The number of nitrogens with zero attached hydrogens (tertiary/aromatic N) is 1. The van der Waals surface area contributed by atoms with Gasteiger partial charge >= 0.3 is 127 Å². The zero-order chi connectivity index (χ0) is 14.8. The van der Waals surface area contributed by atoms with E-state index in [4.69, 9.17) is 4.74 Å². The summed E-state index contributed by atoms with van der Waals surface area (Å²) in [6.45, 7) is 4.94. The molecule has 0 aliphatic heterocycles. The fraction of sp³-hybridized carbons (Fsp3) is 0.467. The molecule has 0 unspecified atom stereocenters. The predicted molar refractivity (Wildman–Crippen MR) is 81.1 cm³/mol. The second kappa shape index (κ2) is 9.49. The van der Waals surface area contributed by atoms with Crippen LogP contribution in [0, 0.1) is 5.92 Å². The zero-order valence-corrected chi connectivity index (χ0v) is 13.5. The van der Waals surface area contributed by atoms with Gasteiger partial charge < -0.3 is 0 Å². The molecular formula is C15H20N2O2Se. The number of hydrogen-bond acceptors (Lipinski definition) is 3. The third-order valence-corrected chi connectivity index (χ3v) is 3.47. The van der Waals surface area contributed by atoms with Crippen LogP contribution in [0.25, 0.3) is 0 Å². The van der Waals surface area contributed by atoms with Gasteiger partial charge in [-0.3, -0.25) is 0 Å². The minimum atomic E-state index is -0.408. The van der Waals surface area contributed by atoms with E-state index in [2.05, 4.69) is 44.4 Å². The SMILES string of the molecule is CC[C@H](C)[C@@H](CN=C=[Se])NC(=O)OCc1ccccc1. The van der Waals surface area contributed by atoms with E-state index in [0.29, 0.717) is 12.5 Å². The van der Waals surface area contributed by atoms with Crippen LogP contribution in [0.1, 0.15) is 25.8 Å². The summed E-state index contributed by atoms with van der Waals surface area (Å²) in [5, 5.41) is 2.86. The first kappa shape index (κ1) is 16.6. The number of alkyl carbamates (subject to hydrolysis) is 1. The number of nitrogens with one attached hydrogen (secondary N) is 1. The number of carbonyl (C=O) groups excluding carboxylic acids is 1. The van der Waals surface area contributed by atoms with Crippen LogP contribution in [0.2, 0.25) is 0 Å². The molecule has 1 amide bonds. The normalized spacial score (nSPS) is 12.9. The first-order valence-corrected chi connectivity index (χ1v) is 7.53. The molecule has 1 aromatic rings. The quantitative estimate of drug-likeness (QED) is 0.613. The van der Waals surface area contributed by atoms with Gasteiger partial charge in [-0.05, 0) is 0 Å². The van der Waals surface area contributed by atoms with Crippen LogP contribution in [0.4, 0.5) is 4.79 Å². The molecule has 0 saturated heterocycles. The Hall–Kier alpha value is -1.41. The predicted octanol–water partition coefficient (Wildman–Crippen LogP) is 2.40. The molecule has 1 N–H and O–H groups in total. The van der Waals surface area contributed by atoms with Crippen molar-refractivity contribution >= 4 is 26.4 Å². The van der Waals surface area contributed by atoms with E-state index in [-0.39, 0.29) is 12.6 Å². The number of ether oxygens (including phenoxy) is 1. The minimum absolute atomic E-state index is 0.0378. The van der Waals surface area contributed by atoms with Gasteiger partial charge in [0.15, 0.2) is 0 Å². The van der Waals surface area contributed by atoms with Crippen molar-refractivity contribution < 1.29 is 9.53 Å². The summed E-state index contributed by atoms with van der Waals surface area (Å²) in [5.74, 6) is 0.330. The Kier molecular flexibility index (Phi) is 7.89. The maximum atomic E-state index is 11.8. The maximum absolute atomic E-state index is 11.8. The third kappa shape index (κ3) is 6.16. The first-order valence-electron chi connectivity index (χ1n) is 6.68. The Morgan fingerprint density at radius 2 is 2.15 bits per heavy atom. The summed E-state index contributed by atoms with van der Waals surface area (Å²) in [4.78, 5) is 15.8. The summed E-state index contributed by atoms with van der Waals surface area (Å²) in [6, 6.07) is 9.57. The van der Waals surface area contributed by atoms with Gasteiger partial charge in [0, 0.05) is 0 Å². The van der Waals surface area contributed by atoms with Crippen LogP contribution >= 0.6 is 0 Å². The fourth-order valence-electron chi connectivity index (χ4n) is 1.70. The van der Waals surface area contributed by atoms with Crippen LogP contribution in [0.3, 0.4) is 0 Å². The van der Waals surface area contributed by atoms with Crippen LogP contribution < -0.4 is 5.32 Å². The van der Waals surface area contributed by atoms with Crippen molar-refractivity contribution in [3.63, 3.8) is 0 Å². The molecule has 20 heavy (non-hydrogen) atoms. The van der Waals surface area contributed by atoms with Crippen molar-refractivity contribution in [2.24, 2.45) is 10.9 Å². The molecule has 5 heteroatoms. The molecule has 2 atom stereocenters. The van der Waals surface area contributed by atoms with Crippen LogP contribution in [-0.4, -0.2) is 39.0 Å². The Labute approximate surface area is 128 Å². The molecule has 0 saturated carbocycles. The van der Waals surface area contributed by atoms with Crippen LogP contribution in [0.5, 0.6) is 0 Å². The fourth-order valence-corrected chi connectivity index (χ4v) is 1.86. The molecule has 4 nitrogen and oxygen atoms in total. The summed E-state index contributed by atoms with van der Waals surface area (Å²) < 4.78 is 7.83. The zero-order valence-electron chi connectivity index (χ0n) is 11.8. The van der Waals surface area contributed by atoms with E-state index < -0.39 is 6.09 Å². The van der Waals surface area contributed by atoms with Gasteiger partial charge in [-0.1, -0.05) is 0 Å². The molecule has 0 heterocycles. The van der Waals surface area contributed by atoms with E-state index in [1.807, 2.05) is 30.3 Å². The Balaban J connectivity index is 2.46. The number of carbonyl (C=O) groups is 1. The summed E-state index contributed by atoms with van der Waals surface area (Å²) in [7, 11) is 0. The van der Waals surface area contributed by atoms with E-state index >= 15 is 0 Å². The molecule has 1 rings (SSSR count). The third-order valence-electron chi connectivity index (χ3n) is 3.20. The Bertz CT molecular complexity index is 458. The van der Waals surface area contributed by atoms with E-state index in [0.717, 1.165) is 12.0 Å². The second-order valence-corrected chi connectivity index (χ2v) is 5.01. The first-order chi connectivity index (χ1) is 9.67. The molecule has 0 aliphatic rings. The van der Waals surface area contributed by atoms with Gasteiger partial charge in [-0.25, -0.2) is 0 Å². The second-order valence-electron chi connectivity index (χ2n) is 4.63. The standard InChI is InChI=1S/C15H20N2O2Se/c1-3-12(2)14(9-16-11-20)17-15(18)19-10-13-7-5-4-6-8-13/h4-8,12,14H,3,9-10H2,1-2H3,(H,17,18)/t12-,14+/m0/s1. The van der Waals surface area contributed by atoms with Crippen LogP contribution in [0.15, 0.2) is 35.3 Å². The number of rotatable bonds is 7. The summed E-state index contributed by atoms with van der Waals surface area (Å²) in [6.07, 6.45) is 0.557. The van der Waals surface area contributed by atoms with E-state index in [1.165, 1.54) is 0 Å². The molecule has 0 radical (unpaired) electrons. The molecule has 0 fully saturated rings. The molecule has 0 aliphatic carbocycles. The number of aliphatic imine (C=N–C) groups is 1. The van der Waals surface area contributed by atoms with Crippen molar-refractivity contribution in [3.8, 4) is 0 Å². The van der Waals surface area contributed by atoms with Gasteiger partial charge in [0.05, 0.1) is 0 Å². The van der Waals surface area contributed by atoms with Crippen molar-refractivity contribution in [2.75, 3.05) is 6.54 Å². The van der Waals surface area contributed by atoms with E-state index in [9.17, 15) is 4.79 Å². The van der Waals surface area contributed by atoms with Gasteiger partial charge in [0.2, 0.25) is 0 Å². The van der Waals surface area contributed by atoms with Gasteiger partial charge in [0.25, 0.3) is 0 Å². The Morgan fingerprint density at radius 3 is 2.75 bits per heavy atom. The van der Waals surface area contributed by atoms with Crippen molar-refractivity contribution in [2.45, 2.75) is 32.9 Å². The molecular weight excluding hydrogens is 319 g/mol. The topological polar surface area (TPSA) is 50.7 Å². The molecule has 0 spiro atoms.